The van der Waals surface area contributed by atoms with Crippen molar-refractivity contribution in [3.8, 4) is 0 Å². The van der Waals surface area contributed by atoms with E-state index in [4.69, 9.17) is 10.2 Å². The Morgan fingerprint density at radius 1 is 1.08 bits per heavy atom. The predicted molar refractivity (Wildman–Crippen MR) is 45.6 cm³/mol. The van der Waals surface area contributed by atoms with Crippen LogP contribution in [-0.4, -0.2) is 35.9 Å². The van der Waals surface area contributed by atoms with Gasteiger partial charge in [-0.2, -0.15) is 0 Å². The third-order valence-electron chi connectivity index (χ3n) is 1.47. The number of amides is 1. The third kappa shape index (κ3) is 7.50. The van der Waals surface area contributed by atoms with Gasteiger partial charge in [0, 0.05) is 26.2 Å². The van der Waals surface area contributed by atoms with E-state index in [1.807, 2.05) is 0 Å². The summed E-state index contributed by atoms with van der Waals surface area (Å²) in [4.78, 5) is 10.9. The first kappa shape index (κ1) is 11.4. The Morgan fingerprint density at radius 3 is 2.33 bits per heavy atom. The van der Waals surface area contributed by atoms with E-state index < -0.39 is 0 Å². The maximum Gasteiger partial charge on any atom is 0.220 e. The summed E-state index contributed by atoms with van der Waals surface area (Å²) < 4.78 is 0. The highest BCUT2D eigenvalue weighted by Gasteiger charge is 1.98. The second-order valence-electron chi connectivity index (χ2n) is 2.61. The van der Waals surface area contributed by atoms with Crippen molar-refractivity contribution in [3.05, 3.63) is 0 Å². The molecule has 72 valence electrons. The van der Waals surface area contributed by atoms with E-state index in [0.717, 1.165) is 12.8 Å². The first-order valence-electron chi connectivity index (χ1n) is 4.29. The third-order valence-corrected chi connectivity index (χ3v) is 1.47. The van der Waals surface area contributed by atoms with E-state index in [-0.39, 0.29) is 19.1 Å². The number of carbonyl (C=O) groups is 1. The summed E-state index contributed by atoms with van der Waals surface area (Å²) in [5, 5.41) is 19.5. The number of nitrogens with one attached hydrogen (secondary N) is 1. The van der Waals surface area contributed by atoms with Gasteiger partial charge in [0.1, 0.15) is 0 Å². The van der Waals surface area contributed by atoms with Crippen LogP contribution < -0.4 is 5.32 Å². The van der Waals surface area contributed by atoms with Crippen LogP contribution in [0.15, 0.2) is 0 Å². The number of unbranched alkanes of at least 4 members (excludes halogenated alkanes) is 1. The molecule has 4 heteroatoms. The molecule has 0 aliphatic heterocycles. The van der Waals surface area contributed by atoms with Gasteiger partial charge in [-0.15, -0.1) is 0 Å². The van der Waals surface area contributed by atoms with E-state index in [9.17, 15) is 4.79 Å². The Kier molecular flexibility index (Phi) is 8.05. The highest BCUT2D eigenvalue weighted by atomic mass is 16.3. The van der Waals surface area contributed by atoms with E-state index in [1.54, 1.807) is 0 Å². The largest absolute Gasteiger partial charge is 0.396 e. The molecule has 12 heavy (non-hydrogen) atoms. The fourth-order valence-electron chi connectivity index (χ4n) is 0.793. The van der Waals surface area contributed by atoms with E-state index in [1.165, 1.54) is 0 Å². The van der Waals surface area contributed by atoms with Crippen molar-refractivity contribution < 1.29 is 15.0 Å². The quantitative estimate of drug-likeness (QED) is 0.463. The summed E-state index contributed by atoms with van der Waals surface area (Å²) in [5.74, 6) is -0.0259. The molecule has 0 radical (unpaired) electrons. The molecular weight excluding hydrogens is 158 g/mol. The van der Waals surface area contributed by atoms with Gasteiger partial charge in [0.2, 0.25) is 5.91 Å². The fraction of sp³-hybridized carbons (Fsp3) is 0.875. The maximum atomic E-state index is 10.9. The van der Waals surface area contributed by atoms with Crippen LogP contribution in [0.4, 0.5) is 0 Å². The van der Waals surface area contributed by atoms with Crippen molar-refractivity contribution >= 4 is 5.91 Å². The SMILES string of the molecule is O=C(CCCO)NCCCCO. The Morgan fingerprint density at radius 2 is 1.75 bits per heavy atom. The molecule has 3 N–H and O–H groups in total. The minimum absolute atomic E-state index is 0.0259. The molecular formula is C8H17NO3. The normalized spacial score (nSPS) is 9.83. The minimum atomic E-state index is -0.0259. The first-order valence-corrected chi connectivity index (χ1v) is 4.29. The van der Waals surface area contributed by atoms with Gasteiger partial charge in [0.05, 0.1) is 0 Å². The van der Waals surface area contributed by atoms with Crippen LogP contribution in [0.25, 0.3) is 0 Å². The summed E-state index contributed by atoms with van der Waals surface area (Å²) >= 11 is 0. The number of hydrogen-bond acceptors (Lipinski definition) is 3. The van der Waals surface area contributed by atoms with Gasteiger partial charge in [-0.05, 0) is 19.3 Å². The molecule has 0 fully saturated rings. The summed E-state index contributed by atoms with van der Waals surface area (Å²) in [6.07, 6.45) is 2.43. The van der Waals surface area contributed by atoms with Gasteiger partial charge in [-0.25, -0.2) is 0 Å². The van der Waals surface area contributed by atoms with E-state index in [2.05, 4.69) is 5.32 Å². The highest BCUT2D eigenvalue weighted by molar-refractivity contribution is 5.75. The van der Waals surface area contributed by atoms with E-state index >= 15 is 0 Å². The summed E-state index contributed by atoms with van der Waals surface area (Å²) in [6.45, 7) is 0.849. The molecule has 0 unspecified atom stereocenters. The number of hydrogen-bond donors (Lipinski definition) is 3. The van der Waals surface area contributed by atoms with Crippen molar-refractivity contribution in [1.82, 2.24) is 5.32 Å². The molecule has 4 nitrogen and oxygen atoms in total. The predicted octanol–water partition coefficient (Wildman–Crippen LogP) is -0.352. The molecule has 0 aliphatic rings. The van der Waals surface area contributed by atoms with Gasteiger partial charge in [-0.1, -0.05) is 0 Å². The Balaban J connectivity index is 3.08. The molecule has 0 rings (SSSR count). The lowest BCUT2D eigenvalue weighted by molar-refractivity contribution is -0.121. The van der Waals surface area contributed by atoms with Gasteiger partial charge in [-0.3, -0.25) is 4.79 Å². The lowest BCUT2D eigenvalue weighted by Gasteiger charge is -2.02. The van der Waals surface area contributed by atoms with Crippen LogP contribution in [-0.2, 0) is 4.79 Å². The van der Waals surface area contributed by atoms with Crippen LogP contribution in [0.1, 0.15) is 25.7 Å². The van der Waals surface area contributed by atoms with Crippen molar-refractivity contribution in [2.45, 2.75) is 25.7 Å². The summed E-state index contributed by atoms with van der Waals surface area (Å²) in [5.41, 5.74) is 0. The van der Waals surface area contributed by atoms with Gasteiger partial charge >= 0.3 is 0 Å². The van der Waals surface area contributed by atoms with Crippen molar-refractivity contribution in [2.75, 3.05) is 19.8 Å². The van der Waals surface area contributed by atoms with Gasteiger partial charge < -0.3 is 15.5 Å². The molecule has 0 bridgehead atoms. The topological polar surface area (TPSA) is 69.6 Å². The highest BCUT2D eigenvalue weighted by Crippen LogP contribution is 1.88. The summed E-state index contributed by atoms with van der Waals surface area (Å²) in [6, 6.07) is 0. The Labute approximate surface area is 72.6 Å². The first-order chi connectivity index (χ1) is 5.81. The number of rotatable bonds is 7. The molecule has 0 aliphatic carbocycles. The van der Waals surface area contributed by atoms with Crippen molar-refractivity contribution in [1.29, 1.82) is 0 Å². The van der Waals surface area contributed by atoms with Gasteiger partial charge in [0.15, 0.2) is 0 Å². The average molecular weight is 175 g/mol. The molecule has 0 heterocycles. The standard InChI is InChI=1S/C8H17NO3/c10-6-2-1-5-9-8(12)4-3-7-11/h10-11H,1-7H2,(H,9,12). The average Bonchev–Trinajstić information content (AvgIpc) is 2.09. The number of aliphatic hydroxyl groups is 2. The van der Waals surface area contributed by atoms with Crippen LogP contribution in [0, 0.1) is 0 Å². The van der Waals surface area contributed by atoms with Crippen LogP contribution in [0.5, 0.6) is 0 Å². The summed E-state index contributed by atoms with van der Waals surface area (Å²) in [7, 11) is 0. The van der Waals surface area contributed by atoms with Crippen molar-refractivity contribution in [2.24, 2.45) is 0 Å². The lowest BCUT2D eigenvalue weighted by atomic mass is 10.3. The minimum Gasteiger partial charge on any atom is -0.396 e. The zero-order valence-electron chi connectivity index (χ0n) is 7.25. The lowest BCUT2D eigenvalue weighted by Crippen LogP contribution is -2.24. The second kappa shape index (κ2) is 8.49. The molecule has 0 aromatic rings. The van der Waals surface area contributed by atoms with E-state index in [0.29, 0.717) is 19.4 Å². The molecule has 0 atom stereocenters. The van der Waals surface area contributed by atoms with Crippen LogP contribution >= 0.6 is 0 Å². The molecule has 1 amide bonds. The maximum absolute atomic E-state index is 10.9. The zero-order chi connectivity index (χ0) is 9.23. The van der Waals surface area contributed by atoms with Crippen LogP contribution in [0.2, 0.25) is 0 Å². The molecule has 0 saturated carbocycles. The number of aliphatic hydroxyl groups excluding tert-OH is 2. The van der Waals surface area contributed by atoms with Gasteiger partial charge in [0.25, 0.3) is 0 Å². The monoisotopic (exact) mass is 175 g/mol. The molecule has 0 aromatic carbocycles. The van der Waals surface area contributed by atoms with Crippen LogP contribution in [0.3, 0.4) is 0 Å². The number of carbonyl (C=O) groups excluding carboxylic acids is 1. The second-order valence-corrected chi connectivity index (χ2v) is 2.61. The zero-order valence-corrected chi connectivity index (χ0v) is 7.25. The Bertz CT molecular complexity index is 117. The fourth-order valence-corrected chi connectivity index (χ4v) is 0.793. The van der Waals surface area contributed by atoms with Crippen molar-refractivity contribution in [3.63, 3.8) is 0 Å². The molecule has 0 saturated heterocycles. The molecule has 0 spiro atoms. The Hall–Kier alpha value is -0.610. The smallest absolute Gasteiger partial charge is 0.220 e. The molecule has 0 aromatic heterocycles.